The van der Waals surface area contributed by atoms with Crippen LogP contribution in [0.4, 0.5) is 0 Å². The van der Waals surface area contributed by atoms with Crippen LogP contribution >= 0.6 is 23.4 Å². The van der Waals surface area contributed by atoms with E-state index in [0.717, 1.165) is 5.88 Å². The van der Waals surface area contributed by atoms with Crippen LogP contribution in [0.1, 0.15) is 25.7 Å². The van der Waals surface area contributed by atoms with E-state index in [0.29, 0.717) is 4.75 Å². The zero-order valence-corrected chi connectivity index (χ0v) is 7.39. The molecule has 0 aliphatic heterocycles. The lowest BCUT2D eigenvalue weighted by Gasteiger charge is -2.08. The molecule has 0 N–H and O–H groups in total. The SMILES string of the molecule is CSC1(CCCCl)CC1. The molecule has 0 aromatic carbocycles. The van der Waals surface area contributed by atoms with Crippen LogP contribution in [-0.4, -0.2) is 16.9 Å². The lowest BCUT2D eigenvalue weighted by atomic mass is 10.2. The van der Waals surface area contributed by atoms with Crippen molar-refractivity contribution in [3.63, 3.8) is 0 Å². The molecule has 0 aromatic heterocycles. The second-order valence-corrected chi connectivity index (χ2v) is 4.33. The summed E-state index contributed by atoms with van der Waals surface area (Å²) in [4.78, 5) is 0. The van der Waals surface area contributed by atoms with Crippen molar-refractivity contribution in [3.8, 4) is 0 Å². The Balaban J connectivity index is 2.10. The van der Waals surface area contributed by atoms with Gasteiger partial charge in [-0.05, 0) is 31.9 Å². The molecular formula is C7H13ClS. The van der Waals surface area contributed by atoms with Gasteiger partial charge in [-0.3, -0.25) is 0 Å². The fraction of sp³-hybridized carbons (Fsp3) is 1.00. The normalized spacial score (nSPS) is 22.0. The second kappa shape index (κ2) is 3.16. The summed E-state index contributed by atoms with van der Waals surface area (Å²) in [6, 6.07) is 0. The summed E-state index contributed by atoms with van der Waals surface area (Å²) >= 11 is 7.60. The number of alkyl halides is 1. The van der Waals surface area contributed by atoms with E-state index in [2.05, 4.69) is 6.26 Å². The predicted molar refractivity (Wildman–Crippen MR) is 45.4 cm³/mol. The van der Waals surface area contributed by atoms with E-state index in [1.54, 1.807) is 0 Å². The molecule has 1 fully saturated rings. The van der Waals surface area contributed by atoms with Crippen LogP contribution in [0.15, 0.2) is 0 Å². The zero-order chi connectivity index (χ0) is 6.74. The fourth-order valence-electron chi connectivity index (χ4n) is 1.08. The molecule has 0 saturated heterocycles. The van der Waals surface area contributed by atoms with Gasteiger partial charge < -0.3 is 0 Å². The van der Waals surface area contributed by atoms with Crippen LogP contribution in [0.2, 0.25) is 0 Å². The van der Waals surface area contributed by atoms with Gasteiger partial charge in [0.15, 0.2) is 0 Å². The van der Waals surface area contributed by atoms with E-state index in [1.165, 1.54) is 25.7 Å². The Morgan fingerprint density at radius 1 is 1.56 bits per heavy atom. The Hall–Kier alpha value is 0.640. The van der Waals surface area contributed by atoms with Crippen LogP contribution in [0, 0.1) is 0 Å². The van der Waals surface area contributed by atoms with Crippen LogP contribution in [-0.2, 0) is 0 Å². The van der Waals surface area contributed by atoms with Crippen molar-refractivity contribution in [1.29, 1.82) is 0 Å². The maximum atomic E-state index is 5.58. The molecule has 1 saturated carbocycles. The summed E-state index contributed by atoms with van der Waals surface area (Å²) in [5, 5.41) is 0. The zero-order valence-electron chi connectivity index (χ0n) is 5.82. The highest BCUT2D eigenvalue weighted by Gasteiger charge is 2.40. The van der Waals surface area contributed by atoms with Gasteiger partial charge in [-0.2, -0.15) is 11.8 Å². The van der Waals surface area contributed by atoms with E-state index in [4.69, 9.17) is 11.6 Å². The third-order valence-corrected chi connectivity index (χ3v) is 3.75. The van der Waals surface area contributed by atoms with Gasteiger partial charge >= 0.3 is 0 Å². The fourth-order valence-corrected chi connectivity index (χ4v) is 2.08. The highest BCUT2D eigenvalue weighted by atomic mass is 35.5. The van der Waals surface area contributed by atoms with Crippen molar-refractivity contribution in [3.05, 3.63) is 0 Å². The predicted octanol–water partition coefficient (Wildman–Crippen LogP) is 2.90. The lowest BCUT2D eigenvalue weighted by molar-refractivity contribution is 0.753. The van der Waals surface area contributed by atoms with E-state index >= 15 is 0 Å². The molecule has 1 aliphatic carbocycles. The van der Waals surface area contributed by atoms with Crippen LogP contribution in [0.5, 0.6) is 0 Å². The molecule has 1 rings (SSSR count). The molecule has 0 amide bonds. The topological polar surface area (TPSA) is 0 Å². The highest BCUT2D eigenvalue weighted by molar-refractivity contribution is 8.00. The molecular weight excluding hydrogens is 152 g/mol. The molecule has 0 radical (unpaired) electrons. The van der Waals surface area contributed by atoms with Crippen LogP contribution < -0.4 is 0 Å². The van der Waals surface area contributed by atoms with Gasteiger partial charge in [0.1, 0.15) is 0 Å². The quantitative estimate of drug-likeness (QED) is 0.576. The van der Waals surface area contributed by atoms with Gasteiger partial charge in [-0.25, -0.2) is 0 Å². The first-order valence-corrected chi connectivity index (χ1v) is 5.20. The molecule has 0 nitrogen and oxygen atoms in total. The molecule has 0 atom stereocenters. The molecule has 9 heavy (non-hydrogen) atoms. The molecule has 0 spiro atoms. The Morgan fingerprint density at radius 2 is 2.22 bits per heavy atom. The van der Waals surface area contributed by atoms with Gasteiger partial charge in [0.2, 0.25) is 0 Å². The minimum Gasteiger partial charge on any atom is -0.159 e. The monoisotopic (exact) mass is 164 g/mol. The average molecular weight is 165 g/mol. The minimum atomic E-state index is 0.675. The maximum absolute atomic E-state index is 5.58. The van der Waals surface area contributed by atoms with Gasteiger partial charge in [0.05, 0.1) is 0 Å². The molecule has 0 bridgehead atoms. The molecule has 0 aromatic rings. The van der Waals surface area contributed by atoms with Crippen molar-refractivity contribution < 1.29 is 0 Å². The van der Waals surface area contributed by atoms with Gasteiger partial charge in [-0.1, -0.05) is 0 Å². The first-order valence-electron chi connectivity index (χ1n) is 3.44. The summed E-state index contributed by atoms with van der Waals surface area (Å²) in [7, 11) is 0. The van der Waals surface area contributed by atoms with Crippen molar-refractivity contribution in [1.82, 2.24) is 0 Å². The molecule has 2 heteroatoms. The van der Waals surface area contributed by atoms with Crippen LogP contribution in [0.3, 0.4) is 0 Å². The van der Waals surface area contributed by atoms with E-state index in [-0.39, 0.29) is 0 Å². The molecule has 0 heterocycles. The average Bonchev–Trinajstić information content (AvgIpc) is 2.65. The number of halogens is 1. The molecule has 0 unspecified atom stereocenters. The van der Waals surface area contributed by atoms with Crippen molar-refractivity contribution in [2.75, 3.05) is 12.1 Å². The van der Waals surface area contributed by atoms with Crippen LogP contribution in [0.25, 0.3) is 0 Å². The van der Waals surface area contributed by atoms with E-state index in [1.807, 2.05) is 11.8 Å². The van der Waals surface area contributed by atoms with Crippen molar-refractivity contribution in [2.24, 2.45) is 0 Å². The van der Waals surface area contributed by atoms with Gasteiger partial charge in [0, 0.05) is 10.6 Å². The Bertz CT molecular complexity index is 88.9. The minimum absolute atomic E-state index is 0.675. The summed E-state index contributed by atoms with van der Waals surface area (Å²) in [6.45, 7) is 0. The lowest BCUT2D eigenvalue weighted by Crippen LogP contribution is -2.00. The second-order valence-electron chi connectivity index (χ2n) is 2.68. The summed E-state index contributed by atoms with van der Waals surface area (Å²) in [6.07, 6.45) is 7.58. The first kappa shape index (κ1) is 7.74. The van der Waals surface area contributed by atoms with Crippen molar-refractivity contribution in [2.45, 2.75) is 30.4 Å². The highest BCUT2D eigenvalue weighted by Crippen LogP contribution is 2.50. The Morgan fingerprint density at radius 3 is 2.56 bits per heavy atom. The molecule has 54 valence electrons. The summed E-state index contributed by atoms with van der Waals surface area (Å²) < 4.78 is 0.675. The first-order chi connectivity index (χ1) is 4.33. The smallest absolute Gasteiger partial charge is 0.0223 e. The van der Waals surface area contributed by atoms with Gasteiger partial charge in [-0.15, -0.1) is 11.6 Å². The summed E-state index contributed by atoms with van der Waals surface area (Å²) in [5.41, 5.74) is 0. The summed E-state index contributed by atoms with van der Waals surface area (Å²) in [5.74, 6) is 0.836. The number of rotatable bonds is 4. The molecule has 1 aliphatic rings. The Labute approximate surface area is 66.3 Å². The van der Waals surface area contributed by atoms with Crippen molar-refractivity contribution >= 4 is 23.4 Å². The standard InChI is InChI=1S/C7H13ClS/c1-9-7(4-5-7)3-2-6-8/h2-6H2,1H3. The third-order valence-electron chi connectivity index (χ3n) is 2.01. The van der Waals surface area contributed by atoms with E-state index in [9.17, 15) is 0 Å². The Kier molecular flexibility index (Phi) is 2.72. The largest absolute Gasteiger partial charge is 0.159 e. The third kappa shape index (κ3) is 2.05. The number of hydrogen-bond acceptors (Lipinski definition) is 1. The number of thioether (sulfide) groups is 1. The number of hydrogen-bond donors (Lipinski definition) is 0. The van der Waals surface area contributed by atoms with Gasteiger partial charge in [0.25, 0.3) is 0 Å². The maximum Gasteiger partial charge on any atom is 0.0223 e. The van der Waals surface area contributed by atoms with E-state index < -0.39 is 0 Å².